The van der Waals surface area contributed by atoms with Crippen molar-refractivity contribution in [1.82, 2.24) is 10.6 Å². The van der Waals surface area contributed by atoms with E-state index in [-0.39, 0.29) is 30.9 Å². The van der Waals surface area contributed by atoms with Gasteiger partial charge in [0.15, 0.2) is 0 Å². The minimum absolute atomic E-state index is 0.139. The molecule has 6 heteroatoms. The first-order valence-electron chi connectivity index (χ1n) is 10.3. The van der Waals surface area contributed by atoms with Crippen LogP contribution in [-0.4, -0.2) is 31.1 Å². The van der Waals surface area contributed by atoms with Gasteiger partial charge in [-0.05, 0) is 37.6 Å². The van der Waals surface area contributed by atoms with E-state index in [4.69, 9.17) is 9.47 Å². The minimum Gasteiger partial charge on any atom is -0.494 e. The molecule has 0 bridgehead atoms. The Balaban J connectivity index is 1.45. The minimum atomic E-state index is -0.227. The van der Waals surface area contributed by atoms with Gasteiger partial charge in [0.2, 0.25) is 11.8 Å². The van der Waals surface area contributed by atoms with Gasteiger partial charge in [-0.15, -0.1) is 0 Å². The van der Waals surface area contributed by atoms with E-state index in [9.17, 15) is 9.59 Å². The molecule has 158 valence electrons. The van der Waals surface area contributed by atoms with Gasteiger partial charge >= 0.3 is 0 Å². The SMILES string of the molecule is CCOc1cc2c(cc1CNC(=O)CCNC(=O)/C=C/c1ccccc1)O[C@@H](C)C2. The third kappa shape index (κ3) is 6.11. The smallest absolute Gasteiger partial charge is 0.244 e. The third-order valence-electron chi connectivity index (χ3n) is 4.73. The predicted molar refractivity (Wildman–Crippen MR) is 116 cm³/mol. The number of rotatable bonds is 9. The average molecular weight is 408 g/mol. The number of nitrogens with one attached hydrogen (secondary N) is 2. The summed E-state index contributed by atoms with van der Waals surface area (Å²) in [7, 11) is 0. The largest absolute Gasteiger partial charge is 0.494 e. The van der Waals surface area contributed by atoms with Crippen molar-refractivity contribution in [3.05, 3.63) is 65.2 Å². The van der Waals surface area contributed by atoms with Crippen molar-refractivity contribution in [2.75, 3.05) is 13.2 Å². The Morgan fingerprint density at radius 3 is 2.77 bits per heavy atom. The third-order valence-corrected chi connectivity index (χ3v) is 4.73. The second-order valence-corrected chi connectivity index (χ2v) is 7.20. The van der Waals surface area contributed by atoms with Gasteiger partial charge in [0.25, 0.3) is 0 Å². The van der Waals surface area contributed by atoms with Crippen LogP contribution >= 0.6 is 0 Å². The zero-order chi connectivity index (χ0) is 21.3. The van der Waals surface area contributed by atoms with Gasteiger partial charge in [0.1, 0.15) is 17.6 Å². The van der Waals surface area contributed by atoms with Crippen molar-refractivity contribution in [1.29, 1.82) is 0 Å². The van der Waals surface area contributed by atoms with Crippen LogP contribution in [0, 0.1) is 0 Å². The van der Waals surface area contributed by atoms with Crippen LogP contribution < -0.4 is 20.1 Å². The second-order valence-electron chi connectivity index (χ2n) is 7.20. The number of benzene rings is 2. The highest BCUT2D eigenvalue weighted by molar-refractivity contribution is 5.92. The molecule has 0 saturated carbocycles. The Hall–Kier alpha value is -3.28. The van der Waals surface area contributed by atoms with Crippen LogP contribution in [0.1, 0.15) is 37.0 Å². The van der Waals surface area contributed by atoms with Gasteiger partial charge in [0.05, 0.1) is 6.61 Å². The van der Waals surface area contributed by atoms with Gasteiger partial charge in [-0.25, -0.2) is 0 Å². The molecule has 0 spiro atoms. The summed E-state index contributed by atoms with van der Waals surface area (Å²) in [4.78, 5) is 24.0. The lowest BCUT2D eigenvalue weighted by Gasteiger charge is -2.13. The Morgan fingerprint density at radius 2 is 2.00 bits per heavy atom. The average Bonchev–Trinajstić information content (AvgIpc) is 3.10. The molecule has 30 heavy (non-hydrogen) atoms. The van der Waals surface area contributed by atoms with Crippen LogP contribution in [-0.2, 0) is 22.6 Å². The topological polar surface area (TPSA) is 76.7 Å². The van der Waals surface area contributed by atoms with E-state index in [0.29, 0.717) is 13.2 Å². The van der Waals surface area contributed by atoms with Crippen LogP contribution in [0.3, 0.4) is 0 Å². The Labute approximate surface area is 177 Å². The van der Waals surface area contributed by atoms with E-state index in [1.54, 1.807) is 6.08 Å². The molecule has 1 aliphatic heterocycles. The summed E-state index contributed by atoms with van der Waals surface area (Å²) in [6.45, 7) is 5.14. The zero-order valence-corrected chi connectivity index (χ0v) is 17.4. The molecule has 2 N–H and O–H groups in total. The molecule has 0 fully saturated rings. The fraction of sp³-hybridized carbons (Fsp3) is 0.333. The molecule has 1 atom stereocenters. The molecule has 0 radical (unpaired) electrons. The number of amides is 2. The molecule has 1 aliphatic rings. The summed E-state index contributed by atoms with van der Waals surface area (Å²) in [6, 6.07) is 13.5. The molecule has 0 aliphatic carbocycles. The number of hydrogen-bond donors (Lipinski definition) is 2. The zero-order valence-electron chi connectivity index (χ0n) is 17.4. The molecule has 1 heterocycles. The van der Waals surface area contributed by atoms with Crippen molar-refractivity contribution in [2.24, 2.45) is 0 Å². The van der Waals surface area contributed by atoms with E-state index in [0.717, 1.165) is 34.6 Å². The van der Waals surface area contributed by atoms with Gasteiger partial charge in [-0.1, -0.05) is 30.3 Å². The lowest BCUT2D eigenvalue weighted by Crippen LogP contribution is -2.29. The van der Waals surface area contributed by atoms with Crippen LogP contribution in [0.25, 0.3) is 6.08 Å². The number of carbonyl (C=O) groups is 2. The predicted octanol–water partition coefficient (Wildman–Crippen LogP) is 3.24. The van der Waals surface area contributed by atoms with Crippen molar-refractivity contribution in [2.45, 2.75) is 39.3 Å². The molecule has 2 aromatic carbocycles. The number of hydrogen-bond acceptors (Lipinski definition) is 4. The normalized spacial score (nSPS) is 14.8. The first-order valence-corrected chi connectivity index (χ1v) is 10.3. The molecule has 0 aromatic heterocycles. The van der Waals surface area contributed by atoms with Crippen LogP contribution in [0.4, 0.5) is 0 Å². The summed E-state index contributed by atoms with van der Waals surface area (Å²) in [5.74, 6) is 1.26. The quantitative estimate of drug-likeness (QED) is 0.625. The Bertz CT molecular complexity index is 909. The fourth-order valence-electron chi connectivity index (χ4n) is 3.29. The highest BCUT2D eigenvalue weighted by Gasteiger charge is 2.22. The Kier molecular flexibility index (Phi) is 7.49. The van der Waals surface area contributed by atoms with Crippen LogP contribution in [0.5, 0.6) is 11.5 Å². The fourth-order valence-corrected chi connectivity index (χ4v) is 3.29. The van der Waals surface area contributed by atoms with Crippen molar-refractivity contribution in [3.8, 4) is 11.5 Å². The van der Waals surface area contributed by atoms with Crippen molar-refractivity contribution < 1.29 is 19.1 Å². The summed E-state index contributed by atoms with van der Waals surface area (Å²) in [5.41, 5.74) is 2.96. The molecule has 0 unspecified atom stereocenters. The molecule has 2 amide bonds. The number of ether oxygens (including phenoxy) is 2. The van der Waals surface area contributed by atoms with Crippen molar-refractivity contribution in [3.63, 3.8) is 0 Å². The maximum Gasteiger partial charge on any atom is 0.244 e. The molecular weight excluding hydrogens is 380 g/mol. The maximum atomic E-state index is 12.2. The van der Waals surface area contributed by atoms with Crippen LogP contribution in [0.15, 0.2) is 48.5 Å². The van der Waals surface area contributed by atoms with Gasteiger partial charge in [-0.2, -0.15) is 0 Å². The first-order chi connectivity index (χ1) is 14.5. The Morgan fingerprint density at radius 1 is 1.20 bits per heavy atom. The van der Waals surface area contributed by atoms with Crippen molar-refractivity contribution >= 4 is 17.9 Å². The lowest BCUT2D eigenvalue weighted by molar-refractivity contribution is -0.121. The molecule has 0 saturated heterocycles. The van der Waals surface area contributed by atoms with E-state index in [2.05, 4.69) is 10.6 Å². The molecule has 2 aromatic rings. The second kappa shape index (κ2) is 10.5. The summed E-state index contributed by atoms with van der Waals surface area (Å²) in [5, 5.41) is 5.61. The maximum absolute atomic E-state index is 12.2. The van der Waals surface area contributed by atoms with E-state index >= 15 is 0 Å². The van der Waals surface area contributed by atoms with E-state index in [1.165, 1.54) is 6.08 Å². The molecular formula is C24H28N2O4. The number of carbonyl (C=O) groups excluding carboxylic acids is 2. The van der Waals surface area contributed by atoms with Gasteiger partial charge in [-0.3, -0.25) is 9.59 Å². The summed E-state index contributed by atoms with van der Waals surface area (Å²) >= 11 is 0. The number of fused-ring (bicyclic) bond motifs is 1. The summed E-state index contributed by atoms with van der Waals surface area (Å²) < 4.78 is 11.5. The highest BCUT2D eigenvalue weighted by atomic mass is 16.5. The van der Waals surface area contributed by atoms with Crippen LogP contribution in [0.2, 0.25) is 0 Å². The van der Waals surface area contributed by atoms with Gasteiger partial charge in [0, 0.05) is 43.1 Å². The summed E-state index contributed by atoms with van der Waals surface area (Å²) in [6.07, 6.45) is 4.42. The molecule has 6 nitrogen and oxygen atoms in total. The standard InChI is InChI=1S/C24H28N2O4/c1-3-29-21-14-19-13-17(2)30-22(19)15-20(21)16-26-24(28)11-12-25-23(27)10-9-18-7-5-4-6-8-18/h4-10,14-15,17H,3,11-13,16H2,1-2H3,(H,25,27)(H,26,28)/b10-9+/t17-/m0/s1. The molecule has 3 rings (SSSR count). The first kappa shape index (κ1) is 21.4. The monoisotopic (exact) mass is 408 g/mol. The van der Waals surface area contributed by atoms with E-state index in [1.807, 2.05) is 56.3 Å². The highest BCUT2D eigenvalue weighted by Crippen LogP contribution is 2.35. The van der Waals surface area contributed by atoms with E-state index < -0.39 is 0 Å². The lowest BCUT2D eigenvalue weighted by atomic mass is 10.1. The van der Waals surface area contributed by atoms with Gasteiger partial charge < -0.3 is 20.1 Å².